The van der Waals surface area contributed by atoms with Gasteiger partial charge in [-0.1, -0.05) is 71.8 Å². The molecule has 1 aliphatic rings. The molecule has 1 amide bonds. The summed E-state index contributed by atoms with van der Waals surface area (Å²) < 4.78 is 1.74. The molecule has 0 aliphatic carbocycles. The molecular formula is C25H24N6O. The summed E-state index contributed by atoms with van der Waals surface area (Å²) in [5, 5.41) is 12.2. The van der Waals surface area contributed by atoms with Crippen molar-refractivity contribution in [3.8, 4) is 5.69 Å². The van der Waals surface area contributed by atoms with E-state index in [1.807, 2.05) is 77.7 Å². The second kappa shape index (κ2) is 9.01. The number of para-hydroxylation sites is 1. The van der Waals surface area contributed by atoms with Gasteiger partial charge in [0.15, 0.2) is 0 Å². The Morgan fingerprint density at radius 3 is 2.19 bits per heavy atom. The number of rotatable bonds is 5. The molecule has 0 spiro atoms. The van der Waals surface area contributed by atoms with Crippen LogP contribution in [0.3, 0.4) is 0 Å². The van der Waals surface area contributed by atoms with Gasteiger partial charge in [-0.25, -0.2) is 0 Å². The summed E-state index contributed by atoms with van der Waals surface area (Å²) in [6.07, 6.45) is 0.745. The number of aromatic nitrogens is 4. The number of hydrogen-bond donors (Lipinski definition) is 0. The molecule has 0 saturated carbocycles. The van der Waals surface area contributed by atoms with Crippen LogP contribution < -0.4 is 4.90 Å². The third-order valence-electron chi connectivity index (χ3n) is 5.79. The number of nitrogens with zero attached hydrogens (tertiary/aromatic N) is 6. The molecule has 0 unspecified atom stereocenters. The van der Waals surface area contributed by atoms with Crippen LogP contribution in [0.1, 0.15) is 21.5 Å². The van der Waals surface area contributed by atoms with Gasteiger partial charge in [0.25, 0.3) is 5.91 Å². The number of anilines is 1. The van der Waals surface area contributed by atoms with Gasteiger partial charge in [-0.3, -0.25) is 4.79 Å². The third kappa shape index (κ3) is 4.09. The van der Waals surface area contributed by atoms with Crippen LogP contribution in [-0.2, 0) is 6.42 Å². The van der Waals surface area contributed by atoms with Crippen molar-refractivity contribution >= 4 is 11.9 Å². The molecule has 0 bridgehead atoms. The highest BCUT2D eigenvalue weighted by atomic mass is 16.2. The lowest BCUT2D eigenvalue weighted by atomic mass is 9.99. The molecule has 0 N–H and O–H groups in total. The first kappa shape index (κ1) is 19.9. The average molecular weight is 425 g/mol. The van der Waals surface area contributed by atoms with Crippen LogP contribution in [-0.4, -0.2) is 57.2 Å². The Morgan fingerprint density at radius 2 is 1.44 bits per heavy atom. The highest BCUT2D eigenvalue weighted by Gasteiger charge is 2.26. The summed E-state index contributed by atoms with van der Waals surface area (Å²) in [5.74, 6) is 0.784. The smallest absolute Gasteiger partial charge is 0.254 e. The van der Waals surface area contributed by atoms with Gasteiger partial charge in [0.05, 0.1) is 5.69 Å². The van der Waals surface area contributed by atoms with E-state index in [1.165, 1.54) is 5.56 Å². The Labute approximate surface area is 186 Å². The van der Waals surface area contributed by atoms with Gasteiger partial charge < -0.3 is 9.80 Å². The molecule has 2 heterocycles. The van der Waals surface area contributed by atoms with E-state index in [2.05, 4.69) is 32.6 Å². The van der Waals surface area contributed by atoms with Crippen molar-refractivity contribution in [1.29, 1.82) is 0 Å². The Hall–Kier alpha value is -4.00. The van der Waals surface area contributed by atoms with Gasteiger partial charge in [0.2, 0.25) is 5.95 Å². The molecule has 1 fully saturated rings. The zero-order valence-electron chi connectivity index (χ0n) is 17.7. The van der Waals surface area contributed by atoms with E-state index < -0.39 is 0 Å². The van der Waals surface area contributed by atoms with Crippen molar-refractivity contribution in [3.05, 3.63) is 102 Å². The van der Waals surface area contributed by atoms with Crippen molar-refractivity contribution in [1.82, 2.24) is 25.1 Å². The van der Waals surface area contributed by atoms with E-state index in [0.717, 1.165) is 23.2 Å². The predicted octanol–water partition coefficient (Wildman–Crippen LogP) is 3.22. The summed E-state index contributed by atoms with van der Waals surface area (Å²) in [6, 6.07) is 28.0. The van der Waals surface area contributed by atoms with Crippen molar-refractivity contribution in [3.63, 3.8) is 0 Å². The monoisotopic (exact) mass is 424 g/mol. The second-order valence-electron chi connectivity index (χ2n) is 7.83. The standard InChI is InChI=1S/C25H24N6O/c32-24(23-14-8-7-11-21(23)19-20-9-3-1-4-10-20)29-15-17-30(18-16-29)25-26-27-28-31(25)22-12-5-2-6-13-22/h1-14H,15-19H2. The summed E-state index contributed by atoms with van der Waals surface area (Å²) >= 11 is 0. The van der Waals surface area contributed by atoms with E-state index in [4.69, 9.17) is 0 Å². The van der Waals surface area contributed by atoms with Gasteiger partial charge in [0, 0.05) is 31.7 Å². The van der Waals surface area contributed by atoms with Crippen molar-refractivity contribution < 1.29 is 4.79 Å². The maximum Gasteiger partial charge on any atom is 0.254 e. The van der Waals surface area contributed by atoms with Crippen LogP contribution in [0.4, 0.5) is 5.95 Å². The second-order valence-corrected chi connectivity index (χ2v) is 7.83. The van der Waals surface area contributed by atoms with Gasteiger partial charge in [-0.2, -0.15) is 4.68 Å². The summed E-state index contributed by atoms with van der Waals surface area (Å²) in [7, 11) is 0. The minimum atomic E-state index is 0.0823. The molecule has 4 aromatic rings. The molecule has 7 nitrogen and oxygen atoms in total. The summed E-state index contributed by atoms with van der Waals surface area (Å²) in [4.78, 5) is 17.4. The molecule has 0 radical (unpaired) electrons. The van der Waals surface area contributed by atoms with E-state index in [9.17, 15) is 4.79 Å². The number of piperazine rings is 1. The average Bonchev–Trinajstić information content (AvgIpc) is 3.35. The minimum absolute atomic E-state index is 0.0823. The van der Waals surface area contributed by atoms with Gasteiger partial charge in [-0.15, -0.1) is 0 Å². The van der Waals surface area contributed by atoms with Crippen molar-refractivity contribution in [2.75, 3.05) is 31.1 Å². The lowest BCUT2D eigenvalue weighted by molar-refractivity contribution is 0.0745. The molecular weight excluding hydrogens is 400 g/mol. The van der Waals surface area contributed by atoms with E-state index in [0.29, 0.717) is 32.1 Å². The van der Waals surface area contributed by atoms with Crippen LogP contribution >= 0.6 is 0 Å². The number of tetrazole rings is 1. The molecule has 5 rings (SSSR count). The molecule has 1 saturated heterocycles. The van der Waals surface area contributed by atoms with E-state index in [1.54, 1.807) is 4.68 Å². The molecule has 160 valence electrons. The fourth-order valence-electron chi connectivity index (χ4n) is 4.09. The molecule has 1 aromatic heterocycles. The number of carbonyl (C=O) groups excluding carboxylic acids is 1. The first-order chi connectivity index (χ1) is 15.8. The zero-order valence-corrected chi connectivity index (χ0v) is 17.7. The Bertz CT molecular complexity index is 1180. The first-order valence-electron chi connectivity index (χ1n) is 10.8. The van der Waals surface area contributed by atoms with Gasteiger partial charge in [0.1, 0.15) is 0 Å². The molecule has 32 heavy (non-hydrogen) atoms. The number of benzene rings is 3. The van der Waals surface area contributed by atoms with Crippen LogP contribution in [0.5, 0.6) is 0 Å². The molecule has 1 aliphatic heterocycles. The maximum absolute atomic E-state index is 13.4. The zero-order chi connectivity index (χ0) is 21.8. The normalized spacial score (nSPS) is 13.9. The van der Waals surface area contributed by atoms with E-state index >= 15 is 0 Å². The quantitative estimate of drug-likeness (QED) is 0.492. The van der Waals surface area contributed by atoms with Crippen LogP contribution in [0.2, 0.25) is 0 Å². The van der Waals surface area contributed by atoms with Crippen LogP contribution in [0.15, 0.2) is 84.9 Å². The Balaban J connectivity index is 1.29. The highest BCUT2D eigenvalue weighted by molar-refractivity contribution is 5.96. The topological polar surface area (TPSA) is 67.2 Å². The molecule has 0 atom stereocenters. The first-order valence-corrected chi connectivity index (χ1v) is 10.8. The minimum Gasteiger partial charge on any atom is -0.336 e. The summed E-state index contributed by atoms with van der Waals surface area (Å²) in [5.41, 5.74) is 3.95. The predicted molar refractivity (Wildman–Crippen MR) is 123 cm³/mol. The van der Waals surface area contributed by atoms with Crippen molar-refractivity contribution in [2.24, 2.45) is 0 Å². The lowest BCUT2D eigenvalue weighted by Gasteiger charge is -2.35. The van der Waals surface area contributed by atoms with Gasteiger partial charge in [-0.05, 0) is 46.2 Å². The Kier molecular flexibility index (Phi) is 5.61. The number of amides is 1. The highest BCUT2D eigenvalue weighted by Crippen LogP contribution is 2.20. The van der Waals surface area contributed by atoms with E-state index in [-0.39, 0.29) is 5.91 Å². The van der Waals surface area contributed by atoms with Crippen LogP contribution in [0, 0.1) is 0 Å². The Morgan fingerprint density at radius 1 is 0.781 bits per heavy atom. The molecule has 7 heteroatoms. The summed E-state index contributed by atoms with van der Waals surface area (Å²) in [6.45, 7) is 2.61. The fourth-order valence-corrected chi connectivity index (χ4v) is 4.09. The van der Waals surface area contributed by atoms with Gasteiger partial charge >= 0.3 is 0 Å². The third-order valence-corrected chi connectivity index (χ3v) is 5.79. The maximum atomic E-state index is 13.4. The van der Waals surface area contributed by atoms with Crippen LogP contribution in [0.25, 0.3) is 5.69 Å². The number of hydrogen-bond acceptors (Lipinski definition) is 5. The van der Waals surface area contributed by atoms with Crippen molar-refractivity contribution in [2.45, 2.75) is 6.42 Å². The number of carbonyl (C=O) groups is 1. The lowest BCUT2D eigenvalue weighted by Crippen LogP contribution is -2.49. The largest absolute Gasteiger partial charge is 0.336 e. The molecule has 3 aromatic carbocycles. The fraction of sp³-hybridized carbons (Fsp3) is 0.200. The SMILES string of the molecule is O=C(c1ccccc1Cc1ccccc1)N1CCN(c2nnnn2-c2ccccc2)CC1.